The minimum absolute atomic E-state index is 0.0247. The Labute approximate surface area is 125 Å². The molecule has 1 unspecified atom stereocenters. The van der Waals surface area contributed by atoms with Crippen molar-refractivity contribution in [2.75, 3.05) is 0 Å². The van der Waals surface area contributed by atoms with Gasteiger partial charge in [-0.1, -0.05) is 12.8 Å². The molecule has 2 N–H and O–H groups in total. The van der Waals surface area contributed by atoms with Crippen molar-refractivity contribution in [3.63, 3.8) is 0 Å². The molecule has 0 radical (unpaired) electrons. The first-order valence-corrected chi connectivity index (χ1v) is 9.73. The average Bonchev–Trinajstić information content (AvgIpc) is 3.28. The zero-order valence-electron chi connectivity index (χ0n) is 11.8. The Balaban J connectivity index is 1.64. The van der Waals surface area contributed by atoms with Gasteiger partial charge in [-0.15, -0.1) is 11.3 Å². The molecule has 0 aliphatic heterocycles. The normalized spacial score (nSPS) is 21.1. The Morgan fingerprint density at radius 2 is 2.10 bits per heavy atom. The zero-order chi connectivity index (χ0) is 14.2. The van der Waals surface area contributed by atoms with E-state index in [0.29, 0.717) is 17.5 Å². The highest BCUT2D eigenvalue weighted by molar-refractivity contribution is 7.89. The molecule has 6 heteroatoms. The molecule has 0 spiro atoms. The highest BCUT2D eigenvalue weighted by Crippen LogP contribution is 2.34. The van der Waals surface area contributed by atoms with Crippen molar-refractivity contribution >= 4 is 21.4 Å². The van der Waals surface area contributed by atoms with E-state index in [0.717, 1.165) is 17.2 Å². The number of hydrogen-bond acceptors (Lipinski definition) is 4. The van der Waals surface area contributed by atoms with Gasteiger partial charge in [0.25, 0.3) is 0 Å². The van der Waals surface area contributed by atoms with Crippen molar-refractivity contribution in [2.45, 2.75) is 62.6 Å². The van der Waals surface area contributed by atoms with Crippen molar-refractivity contribution in [2.24, 2.45) is 5.92 Å². The lowest BCUT2D eigenvalue weighted by molar-refractivity contribution is 0.529. The second-order valence-corrected chi connectivity index (χ2v) is 8.75. The van der Waals surface area contributed by atoms with Gasteiger partial charge in [-0.3, -0.25) is 0 Å². The zero-order valence-corrected chi connectivity index (χ0v) is 13.4. The summed E-state index contributed by atoms with van der Waals surface area (Å²) in [6.07, 6.45) is 5.88. The maximum Gasteiger partial charge on any atom is 0.241 e. The van der Waals surface area contributed by atoms with E-state index in [9.17, 15) is 8.42 Å². The van der Waals surface area contributed by atoms with E-state index >= 15 is 0 Å². The highest BCUT2D eigenvalue weighted by atomic mass is 32.2. The summed E-state index contributed by atoms with van der Waals surface area (Å²) < 4.78 is 27.7. The number of thiophene rings is 1. The van der Waals surface area contributed by atoms with Crippen LogP contribution in [0.4, 0.5) is 0 Å². The van der Waals surface area contributed by atoms with Gasteiger partial charge in [-0.05, 0) is 43.6 Å². The molecular weight excluding hydrogens is 292 g/mol. The Morgan fingerprint density at radius 1 is 1.35 bits per heavy atom. The predicted molar refractivity (Wildman–Crippen MR) is 81.3 cm³/mol. The largest absolute Gasteiger partial charge is 0.309 e. The van der Waals surface area contributed by atoms with E-state index in [1.807, 2.05) is 12.3 Å². The van der Waals surface area contributed by atoms with Gasteiger partial charge in [-0.25, -0.2) is 13.1 Å². The Morgan fingerprint density at radius 3 is 2.75 bits per heavy atom. The Bertz CT molecular complexity index is 559. The van der Waals surface area contributed by atoms with Crippen LogP contribution in [0.15, 0.2) is 16.3 Å². The molecule has 20 heavy (non-hydrogen) atoms. The number of sulfonamides is 1. The smallest absolute Gasteiger partial charge is 0.241 e. The van der Waals surface area contributed by atoms with Crippen molar-refractivity contribution in [1.82, 2.24) is 10.0 Å². The monoisotopic (exact) mass is 314 g/mol. The molecule has 3 rings (SSSR count). The lowest BCUT2D eigenvalue weighted by Crippen LogP contribution is -2.33. The van der Waals surface area contributed by atoms with E-state index in [1.54, 1.807) is 6.07 Å². The lowest BCUT2D eigenvalue weighted by Gasteiger charge is -2.14. The molecule has 1 aromatic heterocycles. The summed E-state index contributed by atoms with van der Waals surface area (Å²) >= 11 is 1.52. The van der Waals surface area contributed by atoms with Crippen LogP contribution in [0.2, 0.25) is 0 Å². The van der Waals surface area contributed by atoms with Gasteiger partial charge < -0.3 is 5.32 Å². The van der Waals surface area contributed by atoms with Gasteiger partial charge in [0.2, 0.25) is 10.0 Å². The molecule has 0 bridgehead atoms. The first kappa shape index (κ1) is 14.5. The summed E-state index contributed by atoms with van der Waals surface area (Å²) in [5.41, 5.74) is 0. The first-order chi connectivity index (χ1) is 9.54. The molecule has 2 aliphatic carbocycles. The Kier molecular flexibility index (Phi) is 4.17. The third-order valence-corrected chi connectivity index (χ3v) is 6.59. The van der Waals surface area contributed by atoms with E-state index in [2.05, 4.69) is 10.0 Å². The van der Waals surface area contributed by atoms with Crippen molar-refractivity contribution < 1.29 is 8.42 Å². The van der Waals surface area contributed by atoms with Crippen molar-refractivity contribution in [3.05, 3.63) is 16.3 Å². The summed E-state index contributed by atoms with van der Waals surface area (Å²) in [7, 11) is -3.37. The molecule has 1 aromatic rings. The third kappa shape index (κ3) is 3.81. The average molecular weight is 314 g/mol. The van der Waals surface area contributed by atoms with Gasteiger partial charge >= 0.3 is 0 Å². The Hall–Kier alpha value is -0.430. The van der Waals surface area contributed by atoms with Crippen LogP contribution in [0.3, 0.4) is 0 Å². The summed E-state index contributed by atoms with van der Waals surface area (Å²) in [6.45, 7) is 2.62. The van der Waals surface area contributed by atoms with Crippen LogP contribution in [-0.4, -0.2) is 20.5 Å². The third-order valence-electron chi connectivity index (χ3n) is 3.86. The standard InChI is InChI=1S/C14H22N2O2S2/c1-10(8-11-2-3-11)16-20(17,18)14-6-7-19-13(14)9-15-12-4-5-12/h6-7,10-12,15-16H,2-5,8-9H2,1H3. The second-order valence-electron chi connectivity index (χ2n) is 6.06. The molecule has 2 fully saturated rings. The maximum absolute atomic E-state index is 12.5. The topological polar surface area (TPSA) is 58.2 Å². The molecule has 0 amide bonds. The van der Waals surface area contributed by atoms with Crippen LogP contribution in [0.25, 0.3) is 0 Å². The van der Waals surface area contributed by atoms with Gasteiger partial charge in [0, 0.05) is 23.5 Å². The van der Waals surface area contributed by atoms with E-state index in [1.165, 1.54) is 37.0 Å². The molecule has 1 atom stereocenters. The molecule has 2 aliphatic rings. The molecule has 4 nitrogen and oxygen atoms in total. The SMILES string of the molecule is CC(CC1CC1)NS(=O)(=O)c1ccsc1CNC1CC1. The van der Waals surface area contributed by atoms with E-state index in [4.69, 9.17) is 0 Å². The van der Waals surface area contributed by atoms with Crippen LogP contribution in [0.1, 0.15) is 43.9 Å². The fraction of sp³-hybridized carbons (Fsp3) is 0.714. The fourth-order valence-electron chi connectivity index (χ4n) is 2.45. The van der Waals surface area contributed by atoms with Gasteiger partial charge in [0.1, 0.15) is 0 Å². The van der Waals surface area contributed by atoms with Crippen LogP contribution in [0.5, 0.6) is 0 Å². The van der Waals surface area contributed by atoms with Crippen molar-refractivity contribution in [3.8, 4) is 0 Å². The molecule has 0 saturated heterocycles. The van der Waals surface area contributed by atoms with Crippen LogP contribution in [0, 0.1) is 5.92 Å². The van der Waals surface area contributed by atoms with Crippen LogP contribution < -0.4 is 10.0 Å². The predicted octanol–water partition coefficient (Wildman–Crippen LogP) is 2.47. The molecule has 2 saturated carbocycles. The molecular formula is C14H22N2O2S2. The minimum atomic E-state index is -3.37. The molecule has 1 heterocycles. The molecule has 112 valence electrons. The van der Waals surface area contributed by atoms with Gasteiger partial charge in [0.05, 0.1) is 4.90 Å². The van der Waals surface area contributed by atoms with E-state index in [-0.39, 0.29) is 6.04 Å². The minimum Gasteiger partial charge on any atom is -0.309 e. The lowest BCUT2D eigenvalue weighted by atomic mass is 10.2. The highest BCUT2D eigenvalue weighted by Gasteiger charge is 2.28. The van der Waals surface area contributed by atoms with E-state index < -0.39 is 10.0 Å². The second kappa shape index (κ2) is 5.75. The molecule has 0 aromatic carbocycles. The van der Waals surface area contributed by atoms with Crippen molar-refractivity contribution in [1.29, 1.82) is 0 Å². The van der Waals surface area contributed by atoms with Gasteiger partial charge in [0.15, 0.2) is 0 Å². The first-order valence-electron chi connectivity index (χ1n) is 7.36. The summed E-state index contributed by atoms with van der Waals surface area (Å²) in [5, 5.41) is 5.25. The fourth-order valence-corrected chi connectivity index (χ4v) is 5.10. The summed E-state index contributed by atoms with van der Waals surface area (Å²) in [5.74, 6) is 0.728. The summed E-state index contributed by atoms with van der Waals surface area (Å²) in [4.78, 5) is 1.38. The summed E-state index contributed by atoms with van der Waals surface area (Å²) in [6, 6.07) is 2.34. The quantitative estimate of drug-likeness (QED) is 0.775. The van der Waals surface area contributed by atoms with Crippen LogP contribution in [-0.2, 0) is 16.6 Å². The maximum atomic E-state index is 12.5. The number of nitrogens with one attached hydrogen (secondary N) is 2. The van der Waals surface area contributed by atoms with Gasteiger partial charge in [-0.2, -0.15) is 0 Å². The van der Waals surface area contributed by atoms with Crippen LogP contribution >= 0.6 is 11.3 Å². The number of rotatable bonds is 8. The number of hydrogen-bond donors (Lipinski definition) is 2.